The molecule has 2 aliphatic carbocycles. The Morgan fingerprint density at radius 3 is 2.89 bits per heavy atom. The molecule has 0 heterocycles. The van der Waals surface area contributed by atoms with Crippen molar-refractivity contribution in [3.8, 4) is 5.75 Å². The molecule has 0 saturated heterocycles. The molecular formula is C15H22BrNO. The maximum absolute atomic E-state index is 9.72. The van der Waals surface area contributed by atoms with Crippen LogP contribution in [-0.2, 0) is 11.8 Å². The van der Waals surface area contributed by atoms with Crippen molar-refractivity contribution in [3.63, 3.8) is 0 Å². The Morgan fingerprint density at radius 2 is 2.11 bits per heavy atom. The Balaban J connectivity index is 0.00000120. The quantitative estimate of drug-likeness (QED) is 0.772. The summed E-state index contributed by atoms with van der Waals surface area (Å²) in [7, 11) is 0. The second-order valence-electron chi connectivity index (χ2n) is 5.99. The summed E-state index contributed by atoms with van der Waals surface area (Å²) in [6.07, 6.45) is 6.06. The van der Waals surface area contributed by atoms with Crippen molar-refractivity contribution in [2.75, 3.05) is 0 Å². The first kappa shape index (κ1) is 13.9. The van der Waals surface area contributed by atoms with Crippen LogP contribution in [-0.4, -0.2) is 11.1 Å². The monoisotopic (exact) mass is 311 g/mol. The number of halogens is 1. The highest BCUT2D eigenvalue weighted by Crippen LogP contribution is 2.46. The highest BCUT2D eigenvalue weighted by molar-refractivity contribution is 8.93. The molecule has 3 heteroatoms. The van der Waals surface area contributed by atoms with Crippen LogP contribution in [0.4, 0.5) is 0 Å². The second-order valence-corrected chi connectivity index (χ2v) is 5.99. The minimum Gasteiger partial charge on any atom is -0.508 e. The molecule has 100 valence electrons. The summed E-state index contributed by atoms with van der Waals surface area (Å²) in [6.45, 7) is 2.29. The first-order valence-electron chi connectivity index (χ1n) is 6.69. The fraction of sp³-hybridized carbons (Fsp3) is 0.600. The van der Waals surface area contributed by atoms with E-state index in [1.165, 1.54) is 30.4 Å². The molecule has 0 aliphatic heterocycles. The first-order valence-corrected chi connectivity index (χ1v) is 6.69. The van der Waals surface area contributed by atoms with Crippen molar-refractivity contribution in [2.24, 2.45) is 11.7 Å². The van der Waals surface area contributed by atoms with E-state index in [-0.39, 0.29) is 28.4 Å². The number of rotatable bonds is 0. The summed E-state index contributed by atoms with van der Waals surface area (Å²) < 4.78 is 0. The molecule has 1 aromatic carbocycles. The minimum atomic E-state index is 0. The van der Waals surface area contributed by atoms with Crippen molar-refractivity contribution in [1.29, 1.82) is 0 Å². The van der Waals surface area contributed by atoms with Gasteiger partial charge in [-0.05, 0) is 48.4 Å². The van der Waals surface area contributed by atoms with Gasteiger partial charge in [-0.1, -0.05) is 25.8 Å². The summed E-state index contributed by atoms with van der Waals surface area (Å²) in [4.78, 5) is 0. The Labute approximate surface area is 119 Å². The van der Waals surface area contributed by atoms with Crippen LogP contribution in [0.2, 0.25) is 0 Å². The lowest BCUT2D eigenvalue weighted by atomic mass is 9.63. The topological polar surface area (TPSA) is 46.2 Å². The van der Waals surface area contributed by atoms with Gasteiger partial charge in [-0.25, -0.2) is 0 Å². The molecule has 0 spiro atoms. The first-order chi connectivity index (χ1) is 8.11. The molecule has 0 amide bonds. The van der Waals surface area contributed by atoms with Crippen LogP contribution >= 0.6 is 17.0 Å². The molecule has 1 fully saturated rings. The number of phenolic OH excluding ortho intramolecular Hbond substituents is 1. The summed E-state index contributed by atoms with van der Waals surface area (Å²) in [5.74, 6) is 0.999. The lowest BCUT2D eigenvalue weighted by Crippen LogP contribution is -2.51. The number of phenols is 1. The molecule has 1 saturated carbocycles. The van der Waals surface area contributed by atoms with Crippen LogP contribution in [0.5, 0.6) is 5.75 Å². The third-order valence-corrected chi connectivity index (χ3v) is 4.96. The standard InChI is InChI=1S/C15H21NO.BrH/c1-15-7-3-2-4-11(14(15)16)8-10-5-6-12(17)9-13(10)15;/h5-6,9,11,14,17H,2-4,7-8,16H2,1H3;1H/t11?,14-,15+;/m0./s1. The van der Waals surface area contributed by atoms with Gasteiger partial charge in [0.2, 0.25) is 0 Å². The third-order valence-electron chi connectivity index (χ3n) is 4.96. The van der Waals surface area contributed by atoms with Gasteiger partial charge in [0.05, 0.1) is 0 Å². The summed E-state index contributed by atoms with van der Waals surface area (Å²) in [5.41, 5.74) is 9.26. The Kier molecular flexibility index (Phi) is 3.75. The molecule has 2 bridgehead atoms. The van der Waals surface area contributed by atoms with Crippen LogP contribution in [0.25, 0.3) is 0 Å². The third kappa shape index (κ3) is 1.97. The fourth-order valence-electron chi connectivity index (χ4n) is 3.87. The average molecular weight is 312 g/mol. The fourth-order valence-corrected chi connectivity index (χ4v) is 3.87. The summed E-state index contributed by atoms with van der Waals surface area (Å²) in [5, 5.41) is 9.72. The number of hydrogen-bond donors (Lipinski definition) is 2. The van der Waals surface area contributed by atoms with E-state index < -0.39 is 0 Å². The van der Waals surface area contributed by atoms with Crippen LogP contribution in [0.3, 0.4) is 0 Å². The van der Waals surface area contributed by atoms with E-state index in [0.717, 1.165) is 12.8 Å². The molecule has 2 nitrogen and oxygen atoms in total. The van der Waals surface area contributed by atoms with Crippen molar-refractivity contribution in [2.45, 2.75) is 50.5 Å². The Hall–Kier alpha value is -0.540. The van der Waals surface area contributed by atoms with E-state index in [9.17, 15) is 5.11 Å². The van der Waals surface area contributed by atoms with E-state index in [0.29, 0.717) is 11.7 Å². The van der Waals surface area contributed by atoms with Crippen LogP contribution in [0.15, 0.2) is 18.2 Å². The van der Waals surface area contributed by atoms with Gasteiger partial charge < -0.3 is 10.8 Å². The number of benzene rings is 1. The highest BCUT2D eigenvalue weighted by atomic mass is 79.9. The second kappa shape index (κ2) is 4.86. The van der Waals surface area contributed by atoms with E-state index in [1.54, 1.807) is 0 Å². The molecule has 3 atom stereocenters. The lowest BCUT2D eigenvalue weighted by molar-refractivity contribution is 0.254. The maximum atomic E-state index is 9.72. The van der Waals surface area contributed by atoms with Gasteiger partial charge in [0.25, 0.3) is 0 Å². The predicted molar refractivity (Wildman–Crippen MR) is 79.4 cm³/mol. The molecule has 2 aliphatic rings. The SMILES string of the molecule is Br.C[C@@]12CCCCC(Cc3ccc(O)cc31)[C@@H]2N. The lowest BCUT2D eigenvalue weighted by Gasteiger charge is -2.44. The molecule has 3 rings (SSSR count). The average Bonchev–Trinajstić information content (AvgIpc) is 2.41. The Bertz CT molecular complexity index is 448. The zero-order chi connectivity index (χ0) is 12.0. The van der Waals surface area contributed by atoms with Crippen molar-refractivity contribution in [1.82, 2.24) is 0 Å². The molecule has 1 aromatic rings. The summed E-state index contributed by atoms with van der Waals surface area (Å²) in [6, 6.07) is 6.09. The number of hydrogen-bond acceptors (Lipinski definition) is 2. The minimum absolute atomic E-state index is 0. The smallest absolute Gasteiger partial charge is 0.115 e. The number of fused-ring (bicyclic) bond motifs is 4. The van der Waals surface area contributed by atoms with Crippen molar-refractivity contribution >= 4 is 17.0 Å². The zero-order valence-corrected chi connectivity index (χ0v) is 12.6. The van der Waals surface area contributed by atoms with Gasteiger partial charge in [-0.2, -0.15) is 0 Å². The van der Waals surface area contributed by atoms with Crippen molar-refractivity contribution in [3.05, 3.63) is 29.3 Å². The van der Waals surface area contributed by atoms with Gasteiger partial charge in [0, 0.05) is 11.5 Å². The van der Waals surface area contributed by atoms with Crippen LogP contribution in [0.1, 0.15) is 43.7 Å². The highest BCUT2D eigenvalue weighted by Gasteiger charge is 2.44. The molecule has 18 heavy (non-hydrogen) atoms. The number of nitrogens with two attached hydrogens (primary N) is 1. The van der Waals surface area contributed by atoms with E-state index in [1.807, 2.05) is 12.1 Å². The van der Waals surface area contributed by atoms with Gasteiger partial charge in [-0.15, -0.1) is 17.0 Å². The van der Waals surface area contributed by atoms with Crippen molar-refractivity contribution < 1.29 is 5.11 Å². The number of aromatic hydroxyl groups is 1. The molecule has 1 unspecified atom stereocenters. The van der Waals surface area contributed by atoms with Gasteiger partial charge in [0.15, 0.2) is 0 Å². The van der Waals surface area contributed by atoms with E-state index in [4.69, 9.17) is 5.73 Å². The van der Waals surface area contributed by atoms with Gasteiger partial charge in [-0.3, -0.25) is 0 Å². The van der Waals surface area contributed by atoms with Gasteiger partial charge >= 0.3 is 0 Å². The molecule has 0 radical (unpaired) electrons. The van der Waals surface area contributed by atoms with E-state index in [2.05, 4.69) is 13.0 Å². The molecule has 0 aromatic heterocycles. The summed E-state index contributed by atoms with van der Waals surface area (Å²) >= 11 is 0. The molecule has 3 N–H and O–H groups in total. The Morgan fingerprint density at radius 1 is 1.33 bits per heavy atom. The zero-order valence-electron chi connectivity index (χ0n) is 10.9. The van der Waals surface area contributed by atoms with Crippen LogP contribution < -0.4 is 5.73 Å². The van der Waals surface area contributed by atoms with Crippen LogP contribution in [0, 0.1) is 5.92 Å². The van der Waals surface area contributed by atoms with E-state index >= 15 is 0 Å². The maximum Gasteiger partial charge on any atom is 0.115 e. The normalized spacial score (nSPS) is 34.1. The predicted octanol–water partition coefficient (Wildman–Crippen LogP) is 3.30. The molecular weight excluding hydrogens is 290 g/mol. The largest absolute Gasteiger partial charge is 0.508 e. The van der Waals surface area contributed by atoms with Gasteiger partial charge in [0.1, 0.15) is 5.75 Å².